The van der Waals surface area contributed by atoms with Crippen molar-refractivity contribution in [3.63, 3.8) is 0 Å². The van der Waals surface area contributed by atoms with Crippen LogP contribution in [0.5, 0.6) is 11.5 Å². The highest BCUT2D eigenvalue weighted by atomic mass is 19.1. The van der Waals surface area contributed by atoms with Crippen molar-refractivity contribution >= 4 is 5.91 Å². The molecule has 0 aliphatic carbocycles. The third-order valence-corrected chi connectivity index (χ3v) is 3.98. The van der Waals surface area contributed by atoms with Crippen LogP contribution >= 0.6 is 0 Å². The van der Waals surface area contributed by atoms with E-state index < -0.39 is 11.9 Å². The molecule has 2 rings (SSSR count). The van der Waals surface area contributed by atoms with Crippen LogP contribution in [0.1, 0.15) is 39.2 Å². The molecule has 0 aliphatic rings. The van der Waals surface area contributed by atoms with Crippen molar-refractivity contribution < 1.29 is 18.7 Å². The molecule has 0 heterocycles. The van der Waals surface area contributed by atoms with Gasteiger partial charge < -0.3 is 14.8 Å². The molecule has 1 unspecified atom stereocenters. The number of para-hydroxylation sites is 1. The van der Waals surface area contributed by atoms with Crippen molar-refractivity contribution in [1.82, 2.24) is 5.32 Å². The fraction of sp³-hybridized carbons (Fsp3) is 0.409. The van der Waals surface area contributed by atoms with Gasteiger partial charge in [-0.15, -0.1) is 0 Å². The van der Waals surface area contributed by atoms with Crippen molar-refractivity contribution in [2.24, 2.45) is 0 Å². The van der Waals surface area contributed by atoms with E-state index in [4.69, 9.17) is 9.47 Å². The summed E-state index contributed by atoms with van der Waals surface area (Å²) < 4.78 is 24.9. The van der Waals surface area contributed by atoms with Gasteiger partial charge in [0.25, 0.3) is 5.91 Å². The maximum absolute atomic E-state index is 13.7. The van der Waals surface area contributed by atoms with Gasteiger partial charge in [-0.2, -0.15) is 0 Å². The molecule has 2 aromatic carbocycles. The molecule has 0 fully saturated rings. The highest BCUT2D eigenvalue weighted by molar-refractivity contribution is 5.81. The molecule has 0 radical (unpaired) electrons. The molecule has 1 amide bonds. The van der Waals surface area contributed by atoms with Gasteiger partial charge in [0.15, 0.2) is 17.7 Å². The van der Waals surface area contributed by atoms with Crippen LogP contribution in [0.2, 0.25) is 0 Å². The second-order valence-corrected chi connectivity index (χ2v) is 6.65. The maximum atomic E-state index is 13.7. The molecule has 0 aliphatic heterocycles. The molecular formula is C22H28FNO3. The van der Waals surface area contributed by atoms with E-state index in [0.29, 0.717) is 13.0 Å². The van der Waals surface area contributed by atoms with E-state index in [0.717, 1.165) is 24.2 Å². The fourth-order valence-electron chi connectivity index (χ4n) is 2.68. The van der Waals surface area contributed by atoms with E-state index in [1.165, 1.54) is 12.1 Å². The second-order valence-electron chi connectivity index (χ2n) is 6.65. The van der Waals surface area contributed by atoms with Crippen LogP contribution < -0.4 is 14.8 Å². The van der Waals surface area contributed by atoms with Gasteiger partial charge in [-0.3, -0.25) is 4.79 Å². The number of carbonyl (C=O) groups is 1. The normalized spacial score (nSPS) is 11.9. The zero-order valence-corrected chi connectivity index (χ0v) is 16.2. The fourth-order valence-corrected chi connectivity index (χ4v) is 2.68. The van der Waals surface area contributed by atoms with Crippen molar-refractivity contribution in [2.75, 3.05) is 6.54 Å². The molecule has 0 aromatic heterocycles. The molecule has 2 aromatic rings. The zero-order chi connectivity index (χ0) is 19.6. The van der Waals surface area contributed by atoms with Crippen molar-refractivity contribution in [3.8, 4) is 11.5 Å². The van der Waals surface area contributed by atoms with Crippen LogP contribution in [-0.4, -0.2) is 24.7 Å². The van der Waals surface area contributed by atoms with Gasteiger partial charge >= 0.3 is 0 Å². The minimum atomic E-state index is -0.704. The van der Waals surface area contributed by atoms with E-state index in [2.05, 4.69) is 5.32 Å². The summed E-state index contributed by atoms with van der Waals surface area (Å²) in [5.74, 6) is 0.266. The smallest absolute Gasteiger partial charge is 0.261 e. The summed E-state index contributed by atoms with van der Waals surface area (Å²) in [4.78, 5) is 12.3. The minimum Gasteiger partial charge on any atom is -0.491 e. The number of rotatable bonds is 10. The number of amides is 1. The van der Waals surface area contributed by atoms with Gasteiger partial charge in [0.2, 0.25) is 0 Å². The Morgan fingerprint density at radius 1 is 1.11 bits per heavy atom. The second kappa shape index (κ2) is 10.6. The number of halogens is 1. The number of benzene rings is 2. The first-order chi connectivity index (χ1) is 13.0. The number of nitrogens with one attached hydrogen (secondary N) is 1. The van der Waals surface area contributed by atoms with E-state index in [-0.39, 0.29) is 17.8 Å². The van der Waals surface area contributed by atoms with Gasteiger partial charge in [0.05, 0.1) is 6.10 Å². The lowest BCUT2D eigenvalue weighted by Crippen LogP contribution is -2.38. The van der Waals surface area contributed by atoms with Gasteiger partial charge in [0, 0.05) is 6.54 Å². The van der Waals surface area contributed by atoms with E-state index in [1.807, 2.05) is 45.0 Å². The van der Waals surface area contributed by atoms with E-state index >= 15 is 0 Å². The van der Waals surface area contributed by atoms with Gasteiger partial charge in [-0.1, -0.05) is 31.2 Å². The lowest BCUT2D eigenvalue weighted by Gasteiger charge is -2.17. The monoisotopic (exact) mass is 373 g/mol. The van der Waals surface area contributed by atoms with Crippen LogP contribution in [0.25, 0.3) is 0 Å². The summed E-state index contributed by atoms with van der Waals surface area (Å²) in [6, 6.07) is 14.1. The molecule has 5 heteroatoms. The molecule has 0 bridgehead atoms. The Bertz CT molecular complexity index is 733. The average molecular weight is 373 g/mol. The summed E-state index contributed by atoms with van der Waals surface area (Å²) in [5.41, 5.74) is 1.16. The summed E-state index contributed by atoms with van der Waals surface area (Å²) in [5, 5.41) is 2.87. The van der Waals surface area contributed by atoms with Crippen molar-refractivity contribution in [2.45, 2.75) is 52.2 Å². The quantitative estimate of drug-likeness (QED) is 0.623. The van der Waals surface area contributed by atoms with E-state index in [1.54, 1.807) is 12.1 Å². The maximum Gasteiger partial charge on any atom is 0.261 e. The highest BCUT2D eigenvalue weighted by Gasteiger charge is 2.19. The standard InChI is InChI=1S/C22H28FNO3/c1-4-20(27-21-13-6-5-12-19(21)23)22(25)24-14-8-10-17-9-7-11-18(15-17)26-16(2)3/h5-7,9,11-13,15-16,20H,4,8,10,14H2,1-3H3,(H,24,25). The lowest BCUT2D eigenvalue weighted by atomic mass is 10.1. The SMILES string of the molecule is CCC(Oc1ccccc1F)C(=O)NCCCc1cccc(OC(C)C)c1. The van der Waals surface area contributed by atoms with Gasteiger partial charge in [0.1, 0.15) is 5.75 Å². The van der Waals surface area contributed by atoms with E-state index in [9.17, 15) is 9.18 Å². The Hall–Kier alpha value is -2.56. The summed E-state index contributed by atoms with van der Waals surface area (Å²) in [6.07, 6.45) is 1.53. The van der Waals surface area contributed by atoms with Gasteiger partial charge in [-0.05, 0) is 62.9 Å². The third-order valence-electron chi connectivity index (χ3n) is 3.98. The minimum absolute atomic E-state index is 0.0986. The summed E-state index contributed by atoms with van der Waals surface area (Å²) in [7, 11) is 0. The molecule has 0 saturated heterocycles. The Kier molecular flexibility index (Phi) is 8.11. The topological polar surface area (TPSA) is 47.6 Å². The van der Waals surface area contributed by atoms with Crippen LogP contribution in [-0.2, 0) is 11.2 Å². The first-order valence-corrected chi connectivity index (χ1v) is 9.44. The van der Waals surface area contributed by atoms with Crippen molar-refractivity contribution in [3.05, 3.63) is 59.9 Å². The van der Waals surface area contributed by atoms with Crippen LogP contribution in [0.3, 0.4) is 0 Å². The number of hydrogen-bond acceptors (Lipinski definition) is 3. The molecule has 27 heavy (non-hydrogen) atoms. The number of carbonyl (C=O) groups excluding carboxylic acids is 1. The average Bonchev–Trinajstić information content (AvgIpc) is 2.64. The number of hydrogen-bond donors (Lipinski definition) is 1. The zero-order valence-electron chi connectivity index (χ0n) is 16.2. The Morgan fingerprint density at radius 2 is 1.89 bits per heavy atom. The largest absolute Gasteiger partial charge is 0.491 e. The predicted molar refractivity (Wildman–Crippen MR) is 105 cm³/mol. The summed E-state index contributed by atoms with van der Waals surface area (Å²) in [6.45, 7) is 6.36. The predicted octanol–water partition coefficient (Wildman–Crippen LogP) is 4.52. The number of ether oxygens (including phenoxy) is 2. The van der Waals surface area contributed by atoms with Crippen LogP contribution in [0.4, 0.5) is 4.39 Å². The molecule has 146 valence electrons. The molecule has 1 N–H and O–H groups in total. The van der Waals surface area contributed by atoms with Crippen molar-refractivity contribution in [1.29, 1.82) is 0 Å². The van der Waals surface area contributed by atoms with Gasteiger partial charge in [-0.25, -0.2) is 4.39 Å². The highest BCUT2D eigenvalue weighted by Crippen LogP contribution is 2.18. The molecule has 0 spiro atoms. The first kappa shape index (κ1) is 20.7. The Morgan fingerprint density at radius 3 is 2.59 bits per heavy atom. The van der Waals surface area contributed by atoms with Crippen LogP contribution in [0.15, 0.2) is 48.5 Å². The Labute approximate surface area is 160 Å². The summed E-state index contributed by atoms with van der Waals surface area (Å²) >= 11 is 0. The molecular weight excluding hydrogens is 345 g/mol. The first-order valence-electron chi connectivity index (χ1n) is 9.44. The molecule has 4 nitrogen and oxygen atoms in total. The molecule has 0 saturated carbocycles. The lowest BCUT2D eigenvalue weighted by molar-refractivity contribution is -0.128. The molecule has 1 atom stereocenters. The van der Waals surface area contributed by atoms with Crippen LogP contribution in [0, 0.1) is 5.82 Å². The Balaban J connectivity index is 1.78. The third kappa shape index (κ3) is 6.93. The number of aryl methyl sites for hydroxylation is 1.